The third-order valence-electron chi connectivity index (χ3n) is 5.52. The van der Waals surface area contributed by atoms with Crippen LogP contribution < -0.4 is 10.1 Å². The van der Waals surface area contributed by atoms with Gasteiger partial charge in [0.15, 0.2) is 0 Å². The van der Waals surface area contributed by atoms with Gasteiger partial charge in [-0.2, -0.15) is 13.2 Å². The summed E-state index contributed by atoms with van der Waals surface area (Å²) in [7, 11) is 1.47. The Morgan fingerprint density at radius 2 is 1.70 bits per heavy atom. The number of alkyl halides is 3. The molecule has 0 spiro atoms. The second kappa shape index (κ2) is 10.7. The summed E-state index contributed by atoms with van der Waals surface area (Å²) in [5.74, 6) is 0.849. The molecule has 1 saturated carbocycles. The summed E-state index contributed by atoms with van der Waals surface area (Å²) in [5, 5.41) is 3.36. The van der Waals surface area contributed by atoms with Gasteiger partial charge in [0.1, 0.15) is 5.75 Å². The van der Waals surface area contributed by atoms with Crippen molar-refractivity contribution in [2.45, 2.75) is 44.3 Å². The van der Waals surface area contributed by atoms with E-state index < -0.39 is 11.7 Å². The van der Waals surface area contributed by atoms with Crippen molar-refractivity contribution in [1.29, 1.82) is 0 Å². The lowest BCUT2D eigenvalue weighted by Gasteiger charge is -2.41. The van der Waals surface area contributed by atoms with E-state index >= 15 is 0 Å². The molecule has 0 bridgehead atoms. The second-order valence-corrected chi connectivity index (χ2v) is 7.08. The normalized spacial score (nSPS) is 20.3. The van der Waals surface area contributed by atoms with Crippen LogP contribution in [0.4, 0.5) is 13.2 Å². The van der Waals surface area contributed by atoms with Crippen molar-refractivity contribution >= 4 is 24.8 Å². The fourth-order valence-electron chi connectivity index (χ4n) is 4.29. The van der Waals surface area contributed by atoms with Crippen LogP contribution in [0.3, 0.4) is 0 Å². The Morgan fingerprint density at radius 1 is 1.07 bits per heavy atom. The Balaban J connectivity index is 0.00000182. The van der Waals surface area contributed by atoms with Crippen molar-refractivity contribution in [3.63, 3.8) is 0 Å². The third kappa shape index (κ3) is 5.89. The van der Waals surface area contributed by atoms with Gasteiger partial charge in [0, 0.05) is 37.8 Å². The van der Waals surface area contributed by atoms with Gasteiger partial charge in [-0.3, -0.25) is 4.90 Å². The number of halogens is 5. The van der Waals surface area contributed by atoms with Crippen LogP contribution in [-0.4, -0.2) is 38.2 Å². The van der Waals surface area contributed by atoms with E-state index in [1.165, 1.54) is 32.4 Å². The van der Waals surface area contributed by atoms with Crippen LogP contribution in [0.5, 0.6) is 5.75 Å². The third-order valence-corrected chi connectivity index (χ3v) is 5.52. The molecule has 3 nitrogen and oxygen atoms in total. The van der Waals surface area contributed by atoms with Crippen molar-refractivity contribution in [2.75, 3.05) is 33.3 Å². The number of methoxy groups -OCH3 is 1. The Labute approximate surface area is 171 Å². The molecule has 1 aromatic rings. The van der Waals surface area contributed by atoms with Crippen molar-refractivity contribution in [3.05, 3.63) is 29.3 Å². The topological polar surface area (TPSA) is 24.5 Å². The molecule has 1 aromatic carbocycles. The quantitative estimate of drug-likeness (QED) is 0.722. The first-order valence-corrected chi connectivity index (χ1v) is 9.20. The Hall–Kier alpha value is -0.690. The molecule has 27 heavy (non-hydrogen) atoms. The number of ether oxygens (including phenoxy) is 1. The molecule has 0 unspecified atom stereocenters. The number of piperazine rings is 1. The van der Waals surface area contributed by atoms with E-state index in [4.69, 9.17) is 4.74 Å². The maximum atomic E-state index is 13.1. The van der Waals surface area contributed by atoms with Crippen LogP contribution >= 0.6 is 24.8 Å². The van der Waals surface area contributed by atoms with Crippen LogP contribution in [0.15, 0.2) is 18.2 Å². The number of rotatable bonds is 4. The maximum Gasteiger partial charge on any atom is 0.416 e. The lowest BCUT2D eigenvalue weighted by atomic mass is 9.79. The van der Waals surface area contributed by atoms with E-state index in [-0.39, 0.29) is 30.9 Å². The van der Waals surface area contributed by atoms with Crippen LogP contribution in [0, 0.1) is 5.92 Å². The second-order valence-electron chi connectivity index (χ2n) is 7.08. The highest BCUT2D eigenvalue weighted by Crippen LogP contribution is 2.43. The molecule has 2 fully saturated rings. The van der Waals surface area contributed by atoms with Gasteiger partial charge >= 0.3 is 6.18 Å². The predicted molar refractivity (Wildman–Crippen MR) is 106 cm³/mol. The fourth-order valence-corrected chi connectivity index (χ4v) is 4.29. The van der Waals surface area contributed by atoms with E-state index in [0.29, 0.717) is 11.7 Å². The van der Waals surface area contributed by atoms with Crippen molar-refractivity contribution in [3.8, 4) is 5.75 Å². The van der Waals surface area contributed by atoms with Gasteiger partial charge in [0.05, 0.1) is 12.7 Å². The molecular weight excluding hydrogens is 400 g/mol. The van der Waals surface area contributed by atoms with Gasteiger partial charge in [-0.1, -0.05) is 25.3 Å². The number of nitrogens with zero attached hydrogens (tertiary/aromatic N) is 1. The predicted octanol–water partition coefficient (Wildman–Crippen LogP) is 5.08. The summed E-state index contributed by atoms with van der Waals surface area (Å²) in [6.07, 6.45) is 1.60. The molecule has 1 N–H and O–H groups in total. The number of hydrogen-bond donors (Lipinski definition) is 1. The zero-order chi connectivity index (χ0) is 17.9. The molecule has 2 aliphatic rings. The van der Waals surface area contributed by atoms with E-state index in [1.807, 2.05) is 0 Å². The molecule has 1 aliphatic heterocycles. The van der Waals surface area contributed by atoms with Crippen LogP contribution in [-0.2, 0) is 6.18 Å². The number of hydrogen-bond acceptors (Lipinski definition) is 3. The van der Waals surface area contributed by atoms with Crippen molar-refractivity contribution < 1.29 is 17.9 Å². The highest BCUT2D eigenvalue weighted by molar-refractivity contribution is 5.85. The SMILES string of the molecule is COc1cc(C(F)(F)F)ccc1[C@H](C1CCCCC1)N1CCNCC1.Cl.Cl. The lowest BCUT2D eigenvalue weighted by Crippen LogP contribution is -2.47. The first-order valence-electron chi connectivity index (χ1n) is 9.20. The molecule has 1 aliphatic carbocycles. The standard InChI is InChI=1S/C19H27F3N2O.2ClH/c1-25-17-13-15(19(20,21)22)7-8-16(17)18(14-5-3-2-4-6-14)24-11-9-23-10-12-24;;/h7-8,13-14,18,23H,2-6,9-12H2,1H3;2*1H/t18-;;/m0../s1. The van der Waals surface area contributed by atoms with Crippen molar-refractivity contribution in [2.24, 2.45) is 5.92 Å². The Bertz CT molecular complexity index is 557. The molecule has 0 aromatic heterocycles. The van der Waals surface area contributed by atoms with Gasteiger partial charge in [0.2, 0.25) is 0 Å². The molecular formula is C19H29Cl2F3N2O. The van der Waals surface area contributed by atoms with E-state index in [1.54, 1.807) is 6.07 Å². The van der Waals surface area contributed by atoms with Crippen LogP contribution in [0.25, 0.3) is 0 Å². The summed E-state index contributed by atoms with van der Waals surface area (Å²) < 4.78 is 44.6. The van der Waals surface area contributed by atoms with E-state index in [2.05, 4.69) is 10.2 Å². The molecule has 1 saturated heterocycles. The minimum atomic E-state index is -4.35. The number of nitrogens with one attached hydrogen (secondary N) is 1. The van der Waals surface area contributed by atoms with Crippen LogP contribution in [0.2, 0.25) is 0 Å². The number of benzene rings is 1. The lowest BCUT2D eigenvalue weighted by molar-refractivity contribution is -0.137. The molecule has 0 amide bonds. The molecule has 1 heterocycles. The smallest absolute Gasteiger partial charge is 0.416 e. The van der Waals surface area contributed by atoms with Gasteiger partial charge in [-0.05, 0) is 30.9 Å². The molecule has 1 atom stereocenters. The Morgan fingerprint density at radius 3 is 2.26 bits per heavy atom. The van der Waals surface area contributed by atoms with Gasteiger partial charge in [-0.25, -0.2) is 0 Å². The highest BCUT2D eigenvalue weighted by atomic mass is 35.5. The fraction of sp³-hybridized carbons (Fsp3) is 0.684. The summed E-state index contributed by atoms with van der Waals surface area (Å²) in [6.45, 7) is 3.69. The average molecular weight is 429 g/mol. The maximum absolute atomic E-state index is 13.1. The molecule has 0 radical (unpaired) electrons. The highest BCUT2D eigenvalue weighted by Gasteiger charge is 2.35. The molecule has 8 heteroatoms. The van der Waals surface area contributed by atoms with Gasteiger partial charge in [0.25, 0.3) is 0 Å². The summed E-state index contributed by atoms with van der Waals surface area (Å²) in [5.41, 5.74) is 0.264. The minimum absolute atomic E-state index is 0. The van der Waals surface area contributed by atoms with E-state index in [0.717, 1.165) is 50.7 Å². The largest absolute Gasteiger partial charge is 0.496 e. The zero-order valence-corrected chi connectivity index (χ0v) is 17.2. The minimum Gasteiger partial charge on any atom is -0.496 e. The average Bonchev–Trinajstić information content (AvgIpc) is 2.63. The van der Waals surface area contributed by atoms with Crippen LogP contribution in [0.1, 0.15) is 49.3 Å². The van der Waals surface area contributed by atoms with Gasteiger partial charge in [-0.15, -0.1) is 24.8 Å². The first kappa shape index (κ1) is 24.3. The van der Waals surface area contributed by atoms with Gasteiger partial charge < -0.3 is 10.1 Å². The van der Waals surface area contributed by atoms with Crippen molar-refractivity contribution in [1.82, 2.24) is 10.2 Å². The molecule has 3 rings (SSSR count). The zero-order valence-electron chi connectivity index (χ0n) is 15.6. The molecule has 156 valence electrons. The van der Waals surface area contributed by atoms with E-state index in [9.17, 15) is 13.2 Å². The summed E-state index contributed by atoms with van der Waals surface area (Å²) in [6, 6.07) is 4.14. The first-order chi connectivity index (χ1) is 12.0. The summed E-state index contributed by atoms with van der Waals surface area (Å²) >= 11 is 0. The summed E-state index contributed by atoms with van der Waals surface area (Å²) in [4.78, 5) is 2.43. The monoisotopic (exact) mass is 428 g/mol. The Kier molecular flexibility index (Phi) is 9.69.